The maximum Gasteiger partial charge on any atom is 0.573 e. The fourth-order valence-electron chi connectivity index (χ4n) is 2.68. The van der Waals surface area contributed by atoms with Crippen molar-refractivity contribution in [3.63, 3.8) is 0 Å². The molecule has 0 aromatic heterocycles. The van der Waals surface area contributed by atoms with E-state index in [0.29, 0.717) is 6.42 Å². The largest absolute Gasteiger partial charge is 0.573 e. The average Bonchev–Trinajstić information content (AvgIpc) is 2.37. The molecule has 0 spiro atoms. The predicted molar refractivity (Wildman–Crippen MR) is 71.5 cm³/mol. The van der Waals surface area contributed by atoms with Gasteiger partial charge in [-0.15, -0.1) is 13.2 Å². The lowest BCUT2D eigenvalue weighted by Gasteiger charge is -2.46. The van der Waals surface area contributed by atoms with Gasteiger partial charge in [0.15, 0.2) is 0 Å². The Balaban J connectivity index is 2.02. The van der Waals surface area contributed by atoms with Gasteiger partial charge in [-0.25, -0.2) is 0 Å². The fourth-order valence-corrected chi connectivity index (χ4v) is 2.68. The standard InChI is InChI=1S/C14H19F3N2O2/c1-20-13(7-2-8-13)12(19-18)9-10-3-5-11(6-4-10)21-14(15,16)17/h3-6,12,19H,2,7-9,18H2,1H3. The maximum absolute atomic E-state index is 12.1. The number of ether oxygens (including phenoxy) is 2. The number of nitrogens with two attached hydrogens (primary N) is 1. The molecule has 1 unspecified atom stereocenters. The zero-order chi connectivity index (χ0) is 15.5. The van der Waals surface area contributed by atoms with Gasteiger partial charge in [0.1, 0.15) is 5.75 Å². The minimum absolute atomic E-state index is 0.0781. The molecule has 1 aromatic rings. The van der Waals surface area contributed by atoms with Crippen molar-refractivity contribution in [2.45, 2.75) is 43.7 Å². The van der Waals surface area contributed by atoms with E-state index >= 15 is 0 Å². The van der Waals surface area contributed by atoms with Crippen molar-refractivity contribution in [1.82, 2.24) is 5.43 Å². The monoisotopic (exact) mass is 304 g/mol. The molecule has 1 aromatic carbocycles. The first-order chi connectivity index (χ1) is 9.88. The molecular weight excluding hydrogens is 285 g/mol. The second-order valence-corrected chi connectivity index (χ2v) is 5.24. The molecule has 21 heavy (non-hydrogen) atoms. The lowest BCUT2D eigenvalue weighted by atomic mass is 9.73. The van der Waals surface area contributed by atoms with Crippen molar-refractivity contribution in [1.29, 1.82) is 0 Å². The number of nitrogens with one attached hydrogen (secondary N) is 1. The van der Waals surface area contributed by atoms with Crippen molar-refractivity contribution in [2.75, 3.05) is 7.11 Å². The second-order valence-electron chi connectivity index (χ2n) is 5.24. The van der Waals surface area contributed by atoms with Crippen LogP contribution in [-0.2, 0) is 11.2 Å². The van der Waals surface area contributed by atoms with Crippen LogP contribution in [0.25, 0.3) is 0 Å². The van der Waals surface area contributed by atoms with Gasteiger partial charge in [-0.2, -0.15) is 0 Å². The Morgan fingerprint density at radius 2 is 1.90 bits per heavy atom. The highest BCUT2D eigenvalue weighted by Crippen LogP contribution is 2.39. The zero-order valence-electron chi connectivity index (χ0n) is 11.7. The van der Waals surface area contributed by atoms with Crippen LogP contribution < -0.4 is 16.0 Å². The minimum atomic E-state index is -4.67. The molecule has 0 aliphatic heterocycles. The van der Waals surface area contributed by atoms with E-state index in [4.69, 9.17) is 10.6 Å². The van der Waals surface area contributed by atoms with Crippen molar-refractivity contribution < 1.29 is 22.6 Å². The summed E-state index contributed by atoms with van der Waals surface area (Å²) in [5.41, 5.74) is 3.35. The quantitative estimate of drug-likeness (QED) is 0.626. The lowest BCUT2D eigenvalue weighted by molar-refractivity contribution is -0.274. The molecule has 0 heterocycles. The van der Waals surface area contributed by atoms with Crippen molar-refractivity contribution >= 4 is 0 Å². The molecule has 0 bridgehead atoms. The molecule has 1 atom stereocenters. The first-order valence-corrected chi connectivity index (χ1v) is 6.74. The molecule has 0 radical (unpaired) electrons. The van der Waals surface area contributed by atoms with E-state index < -0.39 is 6.36 Å². The Morgan fingerprint density at radius 3 is 2.29 bits per heavy atom. The first kappa shape index (κ1) is 16.1. The number of rotatable bonds is 6. The molecule has 3 N–H and O–H groups in total. The van der Waals surface area contributed by atoms with Crippen molar-refractivity contribution in [2.24, 2.45) is 5.84 Å². The number of alkyl halides is 3. The van der Waals surface area contributed by atoms with Crippen LogP contribution in [0.1, 0.15) is 24.8 Å². The van der Waals surface area contributed by atoms with Crippen LogP contribution in [0, 0.1) is 0 Å². The van der Waals surface area contributed by atoms with Gasteiger partial charge in [-0.3, -0.25) is 11.3 Å². The summed E-state index contributed by atoms with van der Waals surface area (Å²) in [5.74, 6) is 5.37. The molecule has 2 rings (SSSR count). The lowest BCUT2D eigenvalue weighted by Crippen LogP contribution is -2.59. The van der Waals surface area contributed by atoms with Gasteiger partial charge in [0.05, 0.1) is 11.6 Å². The molecule has 1 saturated carbocycles. The number of benzene rings is 1. The van der Waals surface area contributed by atoms with Crippen LogP contribution in [0.4, 0.5) is 13.2 Å². The SMILES string of the molecule is COC1(C(Cc2ccc(OC(F)(F)F)cc2)NN)CCC1. The Kier molecular flexibility index (Phi) is 4.75. The summed E-state index contributed by atoms with van der Waals surface area (Å²) in [6.45, 7) is 0. The van der Waals surface area contributed by atoms with Gasteiger partial charge < -0.3 is 9.47 Å². The summed E-state index contributed by atoms with van der Waals surface area (Å²) >= 11 is 0. The summed E-state index contributed by atoms with van der Waals surface area (Å²) in [6.07, 6.45) is -1.16. The fraction of sp³-hybridized carbons (Fsp3) is 0.571. The Bertz CT molecular complexity index is 453. The molecule has 118 valence electrons. The third-order valence-corrected chi connectivity index (χ3v) is 4.04. The summed E-state index contributed by atoms with van der Waals surface area (Å²) in [5, 5.41) is 0. The molecule has 4 nitrogen and oxygen atoms in total. The topological polar surface area (TPSA) is 56.5 Å². The van der Waals surface area contributed by atoms with Gasteiger partial charge in [-0.1, -0.05) is 12.1 Å². The van der Waals surface area contributed by atoms with E-state index in [1.54, 1.807) is 19.2 Å². The Labute approximate surface area is 121 Å². The van der Waals surface area contributed by atoms with E-state index in [9.17, 15) is 13.2 Å². The molecule has 0 saturated heterocycles. The normalized spacial score (nSPS) is 18.9. The molecule has 0 amide bonds. The van der Waals surface area contributed by atoms with E-state index in [1.807, 2.05) is 0 Å². The third-order valence-electron chi connectivity index (χ3n) is 4.04. The molecule has 1 fully saturated rings. The maximum atomic E-state index is 12.1. The number of hydrazine groups is 1. The predicted octanol–water partition coefficient (Wildman–Crippen LogP) is 2.53. The first-order valence-electron chi connectivity index (χ1n) is 6.74. The van der Waals surface area contributed by atoms with Crippen LogP contribution in [0.2, 0.25) is 0 Å². The van der Waals surface area contributed by atoms with E-state index in [1.165, 1.54) is 12.1 Å². The van der Waals surface area contributed by atoms with Gasteiger partial charge in [-0.05, 0) is 43.4 Å². The average molecular weight is 304 g/mol. The van der Waals surface area contributed by atoms with E-state index in [2.05, 4.69) is 10.2 Å². The molecular formula is C14H19F3N2O2. The highest BCUT2D eigenvalue weighted by molar-refractivity contribution is 5.28. The summed E-state index contributed by atoms with van der Waals surface area (Å²) in [6, 6.07) is 5.74. The highest BCUT2D eigenvalue weighted by Gasteiger charge is 2.44. The molecule has 1 aliphatic carbocycles. The zero-order valence-corrected chi connectivity index (χ0v) is 11.7. The van der Waals surface area contributed by atoms with Crippen LogP contribution in [0.3, 0.4) is 0 Å². The molecule has 1 aliphatic rings. The summed E-state index contributed by atoms with van der Waals surface area (Å²) < 4.78 is 45.7. The van der Waals surface area contributed by atoms with Crippen molar-refractivity contribution in [3.8, 4) is 5.75 Å². The van der Waals surface area contributed by atoms with Crippen LogP contribution >= 0.6 is 0 Å². The van der Waals surface area contributed by atoms with Gasteiger partial charge >= 0.3 is 6.36 Å². The number of halogens is 3. The van der Waals surface area contributed by atoms with E-state index in [0.717, 1.165) is 24.8 Å². The molecule has 7 heteroatoms. The second kappa shape index (κ2) is 6.21. The Morgan fingerprint density at radius 1 is 1.29 bits per heavy atom. The van der Waals surface area contributed by atoms with Crippen molar-refractivity contribution in [3.05, 3.63) is 29.8 Å². The van der Waals surface area contributed by atoms with Crippen LogP contribution in [0.5, 0.6) is 5.75 Å². The van der Waals surface area contributed by atoms with Crippen LogP contribution in [-0.4, -0.2) is 25.1 Å². The van der Waals surface area contributed by atoms with Gasteiger partial charge in [0.25, 0.3) is 0 Å². The van der Waals surface area contributed by atoms with Gasteiger partial charge in [0, 0.05) is 7.11 Å². The minimum Gasteiger partial charge on any atom is -0.406 e. The third kappa shape index (κ3) is 3.87. The highest BCUT2D eigenvalue weighted by atomic mass is 19.4. The van der Waals surface area contributed by atoms with Gasteiger partial charge in [0.2, 0.25) is 0 Å². The van der Waals surface area contributed by atoms with Crippen LogP contribution in [0.15, 0.2) is 24.3 Å². The summed E-state index contributed by atoms with van der Waals surface area (Å²) in [7, 11) is 1.66. The number of hydrogen-bond acceptors (Lipinski definition) is 4. The summed E-state index contributed by atoms with van der Waals surface area (Å²) in [4.78, 5) is 0. The number of methoxy groups -OCH3 is 1. The Hall–Kier alpha value is -1.31. The number of hydrogen-bond donors (Lipinski definition) is 2. The van der Waals surface area contributed by atoms with E-state index in [-0.39, 0.29) is 17.4 Å². The smallest absolute Gasteiger partial charge is 0.406 e.